The van der Waals surface area contributed by atoms with Gasteiger partial charge >= 0.3 is 5.97 Å². The molecule has 0 saturated carbocycles. The molecule has 1 rings (SSSR count). The van der Waals surface area contributed by atoms with Gasteiger partial charge in [0.2, 0.25) is 0 Å². The van der Waals surface area contributed by atoms with Crippen molar-refractivity contribution in [3.05, 3.63) is 30.1 Å². The fourth-order valence-corrected chi connectivity index (χ4v) is 1.50. The highest BCUT2D eigenvalue weighted by atomic mass is 19.1. The van der Waals surface area contributed by atoms with E-state index in [-0.39, 0.29) is 17.7 Å². The average Bonchev–Trinajstić information content (AvgIpc) is 2.29. The molecule has 0 aliphatic heterocycles. The van der Waals surface area contributed by atoms with Crippen molar-refractivity contribution in [3.63, 3.8) is 0 Å². The third-order valence-electron chi connectivity index (χ3n) is 2.46. The van der Waals surface area contributed by atoms with E-state index in [1.54, 1.807) is 0 Å². The van der Waals surface area contributed by atoms with Gasteiger partial charge in [0.15, 0.2) is 6.10 Å². The molecule has 0 aliphatic carbocycles. The molecule has 0 bridgehead atoms. The fraction of sp³-hybridized carbons (Fsp3) is 0.467. The largest absolute Gasteiger partial charge is 0.453 e. The van der Waals surface area contributed by atoms with Gasteiger partial charge in [0.05, 0.1) is 6.42 Å². The Bertz CT molecular complexity index is 477. The third-order valence-corrected chi connectivity index (χ3v) is 2.46. The summed E-state index contributed by atoms with van der Waals surface area (Å²) in [6.07, 6.45) is -0.656. The van der Waals surface area contributed by atoms with E-state index in [0.29, 0.717) is 5.69 Å². The number of rotatable bonds is 4. The second kappa shape index (κ2) is 6.50. The number of ether oxygens (including phenoxy) is 1. The highest BCUT2D eigenvalue weighted by Gasteiger charge is 2.22. The van der Waals surface area contributed by atoms with Crippen LogP contribution < -0.4 is 5.32 Å². The summed E-state index contributed by atoms with van der Waals surface area (Å²) in [7, 11) is 0. The van der Waals surface area contributed by atoms with Gasteiger partial charge in [-0.25, -0.2) is 4.39 Å². The molecule has 0 aromatic heterocycles. The second-order valence-corrected chi connectivity index (χ2v) is 5.87. The number of halogens is 1. The molecule has 0 heterocycles. The van der Waals surface area contributed by atoms with Crippen LogP contribution in [0.3, 0.4) is 0 Å². The first-order valence-corrected chi connectivity index (χ1v) is 6.43. The van der Waals surface area contributed by atoms with Crippen molar-refractivity contribution in [1.29, 1.82) is 0 Å². The van der Waals surface area contributed by atoms with Crippen LogP contribution in [0, 0.1) is 11.2 Å². The molecular formula is C15H20FNO3. The second-order valence-electron chi connectivity index (χ2n) is 5.87. The van der Waals surface area contributed by atoms with E-state index in [2.05, 4.69) is 5.32 Å². The standard InChI is InChI=1S/C15H20FNO3/c1-10(20-13(18)9-15(2,3)4)14(19)17-12-7-5-11(16)6-8-12/h5-8,10H,9H2,1-4H3,(H,17,19)/t10-/m1/s1. The third kappa shape index (κ3) is 5.82. The zero-order valence-electron chi connectivity index (χ0n) is 12.2. The molecule has 110 valence electrons. The maximum Gasteiger partial charge on any atom is 0.307 e. The number of amides is 1. The Balaban J connectivity index is 2.51. The lowest BCUT2D eigenvalue weighted by atomic mass is 9.92. The zero-order valence-corrected chi connectivity index (χ0v) is 12.2. The number of carbonyl (C=O) groups is 2. The summed E-state index contributed by atoms with van der Waals surface area (Å²) in [4.78, 5) is 23.4. The van der Waals surface area contributed by atoms with E-state index >= 15 is 0 Å². The SMILES string of the molecule is C[C@@H](OC(=O)CC(C)(C)C)C(=O)Nc1ccc(F)cc1. The Morgan fingerprint density at radius 3 is 2.30 bits per heavy atom. The van der Waals surface area contributed by atoms with Crippen molar-refractivity contribution in [1.82, 2.24) is 0 Å². The molecule has 0 spiro atoms. The first-order valence-electron chi connectivity index (χ1n) is 6.43. The van der Waals surface area contributed by atoms with Crippen LogP contribution in [-0.4, -0.2) is 18.0 Å². The Kier molecular flexibility index (Phi) is 5.25. The van der Waals surface area contributed by atoms with Crippen LogP contribution in [-0.2, 0) is 14.3 Å². The number of esters is 1. The highest BCUT2D eigenvalue weighted by molar-refractivity contribution is 5.95. The minimum Gasteiger partial charge on any atom is -0.453 e. The Morgan fingerprint density at radius 2 is 1.80 bits per heavy atom. The number of carbonyl (C=O) groups excluding carboxylic acids is 2. The molecule has 0 unspecified atom stereocenters. The monoisotopic (exact) mass is 281 g/mol. The number of nitrogens with one attached hydrogen (secondary N) is 1. The summed E-state index contributed by atoms with van der Waals surface area (Å²) in [6, 6.07) is 5.37. The molecule has 1 N–H and O–H groups in total. The number of hydrogen-bond donors (Lipinski definition) is 1. The highest BCUT2D eigenvalue weighted by Crippen LogP contribution is 2.19. The molecule has 1 atom stereocenters. The van der Waals surface area contributed by atoms with E-state index in [9.17, 15) is 14.0 Å². The minimum atomic E-state index is -0.894. The maximum atomic E-state index is 12.7. The lowest BCUT2D eigenvalue weighted by molar-refractivity contribution is -0.154. The fourth-order valence-electron chi connectivity index (χ4n) is 1.50. The van der Waals surface area contributed by atoms with Gasteiger partial charge in [-0.05, 0) is 36.6 Å². The smallest absolute Gasteiger partial charge is 0.307 e. The molecule has 5 heteroatoms. The van der Waals surface area contributed by atoms with E-state index in [1.165, 1.54) is 31.2 Å². The first-order chi connectivity index (χ1) is 9.17. The van der Waals surface area contributed by atoms with Crippen molar-refractivity contribution in [2.45, 2.75) is 40.2 Å². The Morgan fingerprint density at radius 1 is 1.25 bits per heavy atom. The van der Waals surface area contributed by atoms with Gasteiger partial charge in [0.1, 0.15) is 5.82 Å². The van der Waals surface area contributed by atoms with Crippen molar-refractivity contribution in [2.75, 3.05) is 5.32 Å². The normalized spacial score (nSPS) is 12.7. The van der Waals surface area contributed by atoms with Crippen LogP contribution in [0.4, 0.5) is 10.1 Å². The van der Waals surface area contributed by atoms with Gasteiger partial charge in [-0.3, -0.25) is 9.59 Å². The number of hydrogen-bond acceptors (Lipinski definition) is 3. The molecule has 1 aromatic carbocycles. The molecule has 1 amide bonds. The number of benzene rings is 1. The summed E-state index contributed by atoms with van der Waals surface area (Å²) >= 11 is 0. The van der Waals surface area contributed by atoms with Crippen molar-refractivity contribution in [2.24, 2.45) is 5.41 Å². The average molecular weight is 281 g/mol. The molecule has 1 aromatic rings. The van der Waals surface area contributed by atoms with Crippen molar-refractivity contribution in [3.8, 4) is 0 Å². The van der Waals surface area contributed by atoms with Gasteiger partial charge in [-0.1, -0.05) is 20.8 Å². The van der Waals surface area contributed by atoms with Crippen molar-refractivity contribution < 1.29 is 18.7 Å². The van der Waals surface area contributed by atoms with E-state index in [1.807, 2.05) is 20.8 Å². The summed E-state index contributed by atoms with van der Waals surface area (Å²) in [5.74, 6) is -1.24. The molecule has 4 nitrogen and oxygen atoms in total. The molecular weight excluding hydrogens is 261 g/mol. The molecule has 0 fully saturated rings. The van der Waals surface area contributed by atoms with Crippen LogP contribution in [0.2, 0.25) is 0 Å². The van der Waals surface area contributed by atoms with Gasteiger partial charge < -0.3 is 10.1 Å². The molecule has 0 radical (unpaired) electrons. The lowest BCUT2D eigenvalue weighted by Gasteiger charge is -2.19. The van der Waals surface area contributed by atoms with Crippen molar-refractivity contribution >= 4 is 17.6 Å². The van der Waals surface area contributed by atoms with Crippen LogP contribution in [0.1, 0.15) is 34.1 Å². The maximum absolute atomic E-state index is 12.7. The van der Waals surface area contributed by atoms with Gasteiger partial charge in [-0.15, -0.1) is 0 Å². The van der Waals surface area contributed by atoms with Gasteiger partial charge in [-0.2, -0.15) is 0 Å². The summed E-state index contributed by atoms with van der Waals surface area (Å²) in [6.45, 7) is 7.24. The number of anilines is 1. The topological polar surface area (TPSA) is 55.4 Å². The van der Waals surface area contributed by atoms with Crippen LogP contribution in [0.25, 0.3) is 0 Å². The lowest BCUT2D eigenvalue weighted by Crippen LogP contribution is -2.31. The summed E-state index contributed by atoms with van der Waals surface area (Å²) in [5.41, 5.74) is 0.264. The van der Waals surface area contributed by atoms with Gasteiger partial charge in [0, 0.05) is 5.69 Å². The van der Waals surface area contributed by atoms with E-state index < -0.39 is 18.0 Å². The quantitative estimate of drug-likeness (QED) is 0.863. The molecule has 0 aliphatic rings. The van der Waals surface area contributed by atoms with Crippen LogP contribution in [0.15, 0.2) is 24.3 Å². The molecule has 0 saturated heterocycles. The summed E-state index contributed by atoms with van der Waals surface area (Å²) in [5, 5.41) is 2.55. The first kappa shape index (κ1) is 16.1. The molecule has 20 heavy (non-hydrogen) atoms. The van der Waals surface area contributed by atoms with Crippen LogP contribution >= 0.6 is 0 Å². The van der Waals surface area contributed by atoms with Gasteiger partial charge in [0.25, 0.3) is 5.91 Å². The van der Waals surface area contributed by atoms with E-state index in [4.69, 9.17) is 4.74 Å². The predicted octanol–water partition coefficient (Wildman–Crippen LogP) is 3.13. The summed E-state index contributed by atoms with van der Waals surface area (Å²) < 4.78 is 17.8. The Hall–Kier alpha value is -1.91. The Labute approximate surface area is 118 Å². The van der Waals surface area contributed by atoms with E-state index in [0.717, 1.165) is 0 Å². The van der Waals surface area contributed by atoms with Crippen LogP contribution in [0.5, 0.6) is 0 Å². The zero-order chi connectivity index (χ0) is 15.3. The predicted molar refractivity (Wildman–Crippen MR) is 74.7 cm³/mol. The minimum absolute atomic E-state index is 0.190.